The molecule has 128 valence electrons. The molecule has 1 amide bonds. The second-order valence-electron chi connectivity index (χ2n) is 6.17. The van der Waals surface area contributed by atoms with Gasteiger partial charge in [-0.2, -0.15) is 0 Å². The van der Waals surface area contributed by atoms with Gasteiger partial charge in [-0.3, -0.25) is 4.79 Å². The molecule has 0 aliphatic carbocycles. The number of rotatable bonds is 7. The Labute approximate surface area is 143 Å². The maximum atomic E-state index is 12.7. The molecule has 0 saturated heterocycles. The first-order valence-corrected chi connectivity index (χ1v) is 8.12. The molecule has 0 saturated carbocycles. The van der Waals surface area contributed by atoms with Crippen molar-refractivity contribution in [3.05, 3.63) is 59.7 Å². The molecule has 4 heteroatoms. The van der Waals surface area contributed by atoms with Gasteiger partial charge in [0, 0.05) is 11.6 Å². The topological polar surface area (TPSA) is 47.6 Å². The van der Waals surface area contributed by atoms with Crippen LogP contribution in [-0.2, 0) is 0 Å². The number of amides is 1. The second-order valence-corrected chi connectivity index (χ2v) is 6.17. The predicted molar refractivity (Wildman–Crippen MR) is 95.7 cm³/mol. The first-order valence-electron chi connectivity index (χ1n) is 8.12. The van der Waals surface area contributed by atoms with E-state index in [1.54, 1.807) is 32.4 Å². The number of benzene rings is 2. The Morgan fingerprint density at radius 1 is 1.00 bits per heavy atom. The molecule has 1 N–H and O–H groups in total. The first-order chi connectivity index (χ1) is 11.5. The summed E-state index contributed by atoms with van der Waals surface area (Å²) in [5.41, 5.74) is 1.63. The fourth-order valence-electron chi connectivity index (χ4n) is 2.62. The Balaban J connectivity index is 2.24. The summed E-state index contributed by atoms with van der Waals surface area (Å²) < 4.78 is 10.5. The highest BCUT2D eigenvalue weighted by molar-refractivity contribution is 5.95. The molecular formula is C20H25NO3. The zero-order valence-electron chi connectivity index (χ0n) is 14.7. The SMILES string of the molecule is COc1cc(OC)cc(C(=O)N[C@@H](CC(C)C)c2ccccc2)c1. The van der Waals surface area contributed by atoms with E-state index in [4.69, 9.17) is 9.47 Å². The van der Waals surface area contributed by atoms with Gasteiger partial charge in [0.15, 0.2) is 0 Å². The van der Waals surface area contributed by atoms with Gasteiger partial charge in [-0.1, -0.05) is 44.2 Å². The summed E-state index contributed by atoms with van der Waals surface area (Å²) in [5.74, 6) is 1.52. The number of carbonyl (C=O) groups is 1. The van der Waals surface area contributed by atoms with Gasteiger partial charge < -0.3 is 14.8 Å². The molecule has 0 fully saturated rings. The summed E-state index contributed by atoms with van der Waals surface area (Å²) in [7, 11) is 3.14. The van der Waals surface area contributed by atoms with Crippen molar-refractivity contribution in [3.8, 4) is 11.5 Å². The third-order valence-electron chi connectivity index (χ3n) is 3.83. The molecule has 2 aromatic rings. The Bertz CT molecular complexity index is 646. The minimum atomic E-state index is -0.137. The van der Waals surface area contributed by atoms with Crippen LogP contribution in [0.2, 0.25) is 0 Å². The minimum absolute atomic E-state index is 0.0316. The molecule has 0 spiro atoms. The zero-order chi connectivity index (χ0) is 17.5. The molecule has 4 nitrogen and oxygen atoms in total. The van der Waals surface area contributed by atoms with Crippen molar-refractivity contribution in [1.29, 1.82) is 0 Å². The van der Waals surface area contributed by atoms with Crippen LogP contribution in [0.4, 0.5) is 0 Å². The smallest absolute Gasteiger partial charge is 0.252 e. The molecule has 0 radical (unpaired) electrons. The van der Waals surface area contributed by atoms with E-state index < -0.39 is 0 Å². The number of ether oxygens (including phenoxy) is 2. The molecule has 0 bridgehead atoms. The Kier molecular flexibility index (Phi) is 6.24. The van der Waals surface area contributed by atoms with Crippen LogP contribution in [0, 0.1) is 5.92 Å². The highest BCUT2D eigenvalue weighted by Crippen LogP contribution is 2.25. The Morgan fingerprint density at radius 3 is 2.08 bits per heavy atom. The van der Waals surface area contributed by atoms with Gasteiger partial charge >= 0.3 is 0 Å². The van der Waals surface area contributed by atoms with E-state index in [0.29, 0.717) is 23.0 Å². The molecule has 2 aromatic carbocycles. The van der Waals surface area contributed by atoms with E-state index in [9.17, 15) is 4.79 Å². The van der Waals surface area contributed by atoms with Crippen molar-refractivity contribution in [3.63, 3.8) is 0 Å². The quantitative estimate of drug-likeness (QED) is 0.828. The maximum absolute atomic E-state index is 12.7. The number of nitrogens with one attached hydrogen (secondary N) is 1. The zero-order valence-corrected chi connectivity index (χ0v) is 14.7. The summed E-state index contributed by atoms with van der Waals surface area (Å²) in [5, 5.41) is 3.13. The largest absolute Gasteiger partial charge is 0.497 e. The van der Waals surface area contributed by atoms with Crippen LogP contribution in [0.5, 0.6) is 11.5 Å². The van der Waals surface area contributed by atoms with Gasteiger partial charge in [-0.05, 0) is 30.0 Å². The van der Waals surface area contributed by atoms with Crippen LogP contribution >= 0.6 is 0 Å². The highest BCUT2D eigenvalue weighted by atomic mass is 16.5. The van der Waals surface area contributed by atoms with E-state index in [-0.39, 0.29) is 11.9 Å². The van der Waals surface area contributed by atoms with Crippen molar-refractivity contribution < 1.29 is 14.3 Å². The third kappa shape index (κ3) is 4.75. The molecule has 0 unspecified atom stereocenters. The minimum Gasteiger partial charge on any atom is -0.497 e. The summed E-state index contributed by atoms with van der Waals surface area (Å²) in [4.78, 5) is 12.7. The van der Waals surface area contributed by atoms with E-state index in [0.717, 1.165) is 12.0 Å². The average Bonchev–Trinajstić information content (AvgIpc) is 2.60. The molecule has 24 heavy (non-hydrogen) atoms. The fraction of sp³-hybridized carbons (Fsp3) is 0.350. The predicted octanol–water partition coefficient (Wildman–Crippen LogP) is 4.22. The van der Waals surface area contributed by atoms with Gasteiger partial charge in [0.25, 0.3) is 5.91 Å². The molecular weight excluding hydrogens is 302 g/mol. The van der Waals surface area contributed by atoms with Crippen LogP contribution in [0.1, 0.15) is 42.2 Å². The number of methoxy groups -OCH3 is 2. The molecule has 0 aliphatic rings. The first kappa shape index (κ1) is 17.9. The van der Waals surface area contributed by atoms with Crippen molar-refractivity contribution >= 4 is 5.91 Å². The van der Waals surface area contributed by atoms with Gasteiger partial charge in [0.05, 0.1) is 20.3 Å². The molecule has 2 rings (SSSR count). The molecule has 0 aromatic heterocycles. The fourth-order valence-corrected chi connectivity index (χ4v) is 2.62. The maximum Gasteiger partial charge on any atom is 0.252 e. The van der Waals surface area contributed by atoms with Crippen LogP contribution in [0.3, 0.4) is 0 Å². The summed E-state index contributed by atoms with van der Waals surface area (Å²) >= 11 is 0. The van der Waals surface area contributed by atoms with Gasteiger partial charge in [0.2, 0.25) is 0 Å². The number of hydrogen-bond donors (Lipinski definition) is 1. The van der Waals surface area contributed by atoms with Gasteiger partial charge in [0.1, 0.15) is 11.5 Å². The van der Waals surface area contributed by atoms with E-state index in [1.165, 1.54) is 0 Å². The Hall–Kier alpha value is -2.49. The van der Waals surface area contributed by atoms with E-state index >= 15 is 0 Å². The number of carbonyl (C=O) groups excluding carboxylic acids is 1. The van der Waals surface area contributed by atoms with Crippen molar-refractivity contribution in [2.45, 2.75) is 26.3 Å². The highest BCUT2D eigenvalue weighted by Gasteiger charge is 2.18. The van der Waals surface area contributed by atoms with Crippen LogP contribution in [-0.4, -0.2) is 20.1 Å². The van der Waals surface area contributed by atoms with Gasteiger partial charge in [-0.25, -0.2) is 0 Å². The normalized spacial score (nSPS) is 11.9. The summed E-state index contributed by atoms with van der Waals surface area (Å²) in [6.07, 6.45) is 0.872. The van der Waals surface area contributed by atoms with Gasteiger partial charge in [-0.15, -0.1) is 0 Å². The summed E-state index contributed by atoms with van der Waals surface area (Å²) in [6.45, 7) is 4.30. The molecule has 0 heterocycles. The Morgan fingerprint density at radius 2 is 1.58 bits per heavy atom. The lowest BCUT2D eigenvalue weighted by atomic mass is 9.96. The van der Waals surface area contributed by atoms with Crippen molar-refractivity contribution in [1.82, 2.24) is 5.32 Å². The van der Waals surface area contributed by atoms with Crippen LogP contribution in [0.25, 0.3) is 0 Å². The van der Waals surface area contributed by atoms with Crippen LogP contribution in [0.15, 0.2) is 48.5 Å². The van der Waals surface area contributed by atoms with E-state index in [2.05, 4.69) is 19.2 Å². The lowest BCUT2D eigenvalue weighted by Crippen LogP contribution is -2.29. The molecule has 0 aliphatic heterocycles. The van der Waals surface area contributed by atoms with E-state index in [1.807, 2.05) is 30.3 Å². The van der Waals surface area contributed by atoms with Crippen LogP contribution < -0.4 is 14.8 Å². The van der Waals surface area contributed by atoms with Crippen molar-refractivity contribution in [2.75, 3.05) is 14.2 Å². The molecule has 1 atom stereocenters. The third-order valence-corrected chi connectivity index (χ3v) is 3.83. The summed E-state index contributed by atoms with van der Waals surface area (Å²) in [6, 6.07) is 15.2. The monoisotopic (exact) mass is 327 g/mol. The lowest BCUT2D eigenvalue weighted by molar-refractivity contribution is 0.0931. The second kappa shape index (κ2) is 8.39. The number of hydrogen-bond acceptors (Lipinski definition) is 3. The standard InChI is InChI=1S/C20H25NO3/c1-14(2)10-19(15-8-6-5-7-9-15)21-20(22)16-11-17(23-3)13-18(12-16)24-4/h5-9,11-14,19H,10H2,1-4H3,(H,21,22)/t19-/m0/s1. The van der Waals surface area contributed by atoms with Crippen molar-refractivity contribution in [2.24, 2.45) is 5.92 Å². The average molecular weight is 327 g/mol. The lowest BCUT2D eigenvalue weighted by Gasteiger charge is -2.21.